The normalized spacial score (nSPS) is 9.57. The molecule has 0 unspecified atom stereocenters. The molecule has 0 heterocycles. The first-order valence-electron chi connectivity index (χ1n) is 4.45. The fraction of sp³-hybridized carbons (Fsp3) is 0.625. The van der Waals surface area contributed by atoms with Gasteiger partial charge in [0.05, 0.1) is 13.2 Å². The van der Waals surface area contributed by atoms with Gasteiger partial charge in [-0.3, -0.25) is 0 Å². The monoisotopic (exact) mass is 201 g/mol. The molecule has 0 spiro atoms. The van der Waals surface area contributed by atoms with Crippen LogP contribution >= 0.6 is 0 Å². The van der Waals surface area contributed by atoms with E-state index >= 15 is 0 Å². The molecule has 80 valence electrons. The summed E-state index contributed by atoms with van der Waals surface area (Å²) in [5, 5.41) is 11.6. The zero-order valence-electron chi connectivity index (χ0n) is 8.36. The summed E-state index contributed by atoms with van der Waals surface area (Å²) in [6.07, 6.45) is 1.11. The highest BCUT2D eigenvalue weighted by molar-refractivity contribution is 6.45. The van der Waals surface area contributed by atoms with E-state index in [0.29, 0.717) is 19.8 Å². The fourth-order valence-corrected chi connectivity index (χ4v) is 0.702. The average molecular weight is 201 g/mol. The van der Waals surface area contributed by atoms with Gasteiger partial charge in [0.2, 0.25) is 0 Å². The lowest BCUT2D eigenvalue weighted by Crippen LogP contribution is -2.33. The molecular weight excluding hydrogens is 185 g/mol. The van der Waals surface area contributed by atoms with Crippen molar-refractivity contribution in [1.29, 1.82) is 0 Å². The van der Waals surface area contributed by atoms with Gasteiger partial charge < -0.3 is 19.7 Å². The summed E-state index contributed by atoms with van der Waals surface area (Å²) < 4.78 is 9.76. The van der Waals surface area contributed by atoms with E-state index in [1.807, 2.05) is 0 Å². The zero-order valence-corrected chi connectivity index (χ0v) is 8.36. The van der Waals surface area contributed by atoms with Crippen LogP contribution in [0.1, 0.15) is 0 Å². The Morgan fingerprint density at radius 3 is 2.86 bits per heavy atom. The molecule has 0 saturated heterocycles. The van der Waals surface area contributed by atoms with Gasteiger partial charge in [-0.15, -0.1) is 0 Å². The summed E-state index contributed by atoms with van der Waals surface area (Å²) in [6.45, 7) is 6.49. The molecule has 0 fully saturated rings. The molecule has 0 bridgehead atoms. The lowest BCUT2D eigenvalue weighted by atomic mass is 9.89. The van der Waals surface area contributed by atoms with E-state index in [2.05, 4.69) is 16.5 Å². The molecule has 0 aromatic carbocycles. The highest BCUT2D eigenvalue weighted by Gasteiger charge is 1.99. The number of ether oxygens (including phenoxy) is 2. The maximum Gasteiger partial charge on any atom is 0.373 e. The molecule has 0 saturated carbocycles. The van der Waals surface area contributed by atoms with Gasteiger partial charge in [-0.1, -0.05) is 6.58 Å². The Morgan fingerprint density at radius 1 is 1.57 bits per heavy atom. The van der Waals surface area contributed by atoms with Crippen molar-refractivity contribution in [3.8, 4) is 0 Å². The Bertz CT molecular complexity index is 175. The number of esters is 1. The van der Waals surface area contributed by atoms with E-state index in [4.69, 9.17) is 9.76 Å². The minimum absolute atomic E-state index is 0.222. The summed E-state index contributed by atoms with van der Waals surface area (Å²) >= 11 is 0. The summed E-state index contributed by atoms with van der Waals surface area (Å²) in [5.41, 5.74) is 0. The van der Waals surface area contributed by atoms with E-state index in [-0.39, 0.29) is 6.61 Å². The van der Waals surface area contributed by atoms with Gasteiger partial charge in [0.25, 0.3) is 0 Å². The van der Waals surface area contributed by atoms with E-state index in [9.17, 15) is 4.79 Å². The lowest BCUT2D eigenvalue weighted by Gasteiger charge is -2.05. The van der Waals surface area contributed by atoms with Crippen LogP contribution in [0, 0.1) is 0 Å². The molecule has 0 amide bonds. The standard InChI is InChI=1S/C8H16BNO4/c1-3-8(11)14-7-6-13-5-4-10-9(2)12/h3,10,12H,1,4-7H2,2H3. The summed E-state index contributed by atoms with van der Waals surface area (Å²) in [5.74, 6) is -0.448. The summed E-state index contributed by atoms with van der Waals surface area (Å²) in [7, 11) is -0.530. The number of nitrogens with one attached hydrogen (secondary N) is 1. The topological polar surface area (TPSA) is 67.8 Å². The molecule has 0 aromatic rings. The summed E-state index contributed by atoms with van der Waals surface area (Å²) in [4.78, 5) is 10.5. The average Bonchev–Trinajstić information content (AvgIpc) is 2.15. The first kappa shape index (κ1) is 13.2. The molecule has 0 aromatic heterocycles. The van der Waals surface area contributed by atoms with Crippen molar-refractivity contribution in [2.24, 2.45) is 0 Å². The quantitative estimate of drug-likeness (QED) is 0.238. The molecule has 0 aliphatic rings. The molecule has 6 heteroatoms. The maximum atomic E-state index is 10.5. The number of carbonyl (C=O) groups excluding carboxylic acids is 1. The predicted molar refractivity (Wildman–Crippen MR) is 53.8 cm³/mol. The van der Waals surface area contributed by atoms with Crippen LogP contribution in [0.25, 0.3) is 0 Å². The van der Waals surface area contributed by atoms with Crippen molar-refractivity contribution in [3.63, 3.8) is 0 Å². The van der Waals surface area contributed by atoms with Crippen LogP contribution in [0.3, 0.4) is 0 Å². The second-order valence-corrected chi connectivity index (χ2v) is 2.61. The van der Waals surface area contributed by atoms with Crippen molar-refractivity contribution in [2.75, 3.05) is 26.4 Å². The highest BCUT2D eigenvalue weighted by atomic mass is 16.6. The van der Waals surface area contributed by atoms with Crippen LogP contribution in [-0.4, -0.2) is 44.4 Å². The minimum atomic E-state index is -0.530. The summed E-state index contributed by atoms with van der Waals surface area (Å²) in [6, 6.07) is 0. The van der Waals surface area contributed by atoms with E-state index < -0.39 is 13.0 Å². The van der Waals surface area contributed by atoms with Crippen molar-refractivity contribution in [2.45, 2.75) is 6.82 Å². The van der Waals surface area contributed by atoms with E-state index in [0.717, 1.165) is 6.08 Å². The Labute approximate surface area is 84.2 Å². The van der Waals surface area contributed by atoms with E-state index in [1.165, 1.54) is 0 Å². The molecule has 2 N–H and O–H groups in total. The van der Waals surface area contributed by atoms with Gasteiger partial charge in [0, 0.05) is 12.6 Å². The van der Waals surface area contributed by atoms with Gasteiger partial charge in [-0.25, -0.2) is 4.79 Å². The van der Waals surface area contributed by atoms with Crippen molar-refractivity contribution in [3.05, 3.63) is 12.7 Å². The molecule has 5 nitrogen and oxygen atoms in total. The lowest BCUT2D eigenvalue weighted by molar-refractivity contribution is -0.139. The van der Waals surface area contributed by atoms with Crippen LogP contribution in [0.5, 0.6) is 0 Å². The largest absolute Gasteiger partial charge is 0.460 e. The SMILES string of the molecule is C=CC(=O)OCCOCCNB(C)O. The zero-order chi connectivity index (χ0) is 10.8. The van der Waals surface area contributed by atoms with Gasteiger partial charge in [-0.05, 0) is 6.82 Å². The molecule has 0 rings (SSSR count). The second-order valence-electron chi connectivity index (χ2n) is 2.61. The first-order valence-corrected chi connectivity index (χ1v) is 4.45. The van der Waals surface area contributed by atoms with Gasteiger partial charge in [0.15, 0.2) is 0 Å². The van der Waals surface area contributed by atoms with Gasteiger partial charge in [-0.2, -0.15) is 0 Å². The second kappa shape index (κ2) is 8.74. The Balaban J connectivity index is 3.06. The molecule has 0 aliphatic carbocycles. The number of hydrogen-bond donors (Lipinski definition) is 2. The van der Waals surface area contributed by atoms with Crippen LogP contribution < -0.4 is 5.23 Å². The number of hydrogen-bond acceptors (Lipinski definition) is 5. The third-order valence-corrected chi connectivity index (χ3v) is 1.32. The Kier molecular flexibility index (Phi) is 8.21. The molecule has 0 radical (unpaired) electrons. The maximum absolute atomic E-state index is 10.5. The smallest absolute Gasteiger partial charge is 0.373 e. The minimum Gasteiger partial charge on any atom is -0.460 e. The molecule has 14 heavy (non-hydrogen) atoms. The third-order valence-electron chi connectivity index (χ3n) is 1.32. The van der Waals surface area contributed by atoms with Crippen molar-refractivity contribution >= 4 is 13.0 Å². The Morgan fingerprint density at radius 2 is 2.29 bits per heavy atom. The van der Waals surface area contributed by atoms with Crippen molar-refractivity contribution < 1.29 is 19.3 Å². The Hall–Kier alpha value is -0.845. The van der Waals surface area contributed by atoms with Gasteiger partial charge >= 0.3 is 13.0 Å². The van der Waals surface area contributed by atoms with Crippen LogP contribution in [0.15, 0.2) is 12.7 Å². The molecule has 0 atom stereocenters. The number of rotatable bonds is 8. The molecular formula is C8H16BNO4. The third kappa shape index (κ3) is 9.24. The molecule has 0 aliphatic heterocycles. The fourth-order valence-electron chi connectivity index (χ4n) is 0.702. The van der Waals surface area contributed by atoms with Crippen LogP contribution in [0.2, 0.25) is 6.82 Å². The predicted octanol–water partition coefficient (Wildman–Crippen LogP) is -0.568. The number of carbonyl (C=O) groups is 1. The van der Waals surface area contributed by atoms with Crippen LogP contribution in [-0.2, 0) is 14.3 Å². The van der Waals surface area contributed by atoms with Crippen LogP contribution in [0.4, 0.5) is 0 Å². The van der Waals surface area contributed by atoms with Gasteiger partial charge in [0.1, 0.15) is 6.61 Å². The first-order chi connectivity index (χ1) is 6.66. The van der Waals surface area contributed by atoms with Crippen molar-refractivity contribution in [1.82, 2.24) is 5.23 Å². The highest BCUT2D eigenvalue weighted by Crippen LogP contribution is 1.81. The van der Waals surface area contributed by atoms with E-state index in [1.54, 1.807) is 6.82 Å².